The van der Waals surface area contributed by atoms with E-state index in [2.05, 4.69) is 5.32 Å². The topological polar surface area (TPSA) is 119 Å². The number of urea groups is 1. The van der Waals surface area contributed by atoms with E-state index in [1.54, 1.807) is 0 Å². The van der Waals surface area contributed by atoms with Gasteiger partial charge in [0, 0.05) is 26.2 Å². The third-order valence-corrected chi connectivity index (χ3v) is 4.30. The Morgan fingerprint density at radius 2 is 1.83 bits per heavy atom. The highest BCUT2D eigenvalue weighted by Gasteiger charge is 2.54. The summed E-state index contributed by atoms with van der Waals surface area (Å²) < 4.78 is 0. The van der Waals surface area contributed by atoms with Crippen LogP contribution in [0.5, 0.6) is 0 Å². The van der Waals surface area contributed by atoms with Crippen molar-refractivity contribution in [3.8, 4) is 0 Å². The van der Waals surface area contributed by atoms with Crippen LogP contribution in [-0.4, -0.2) is 82.2 Å². The highest BCUT2D eigenvalue weighted by molar-refractivity contribution is 6.05. The Kier molecular flexibility index (Phi) is 4.07. The summed E-state index contributed by atoms with van der Waals surface area (Å²) in [5.74, 6) is -1.94. The van der Waals surface area contributed by atoms with E-state index in [0.29, 0.717) is 18.2 Å². The number of piperidine rings is 1. The Bertz CT molecular complexity index is 547. The lowest BCUT2D eigenvalue weighted by atomic mass is 10.1. The van der Waals surface area contributed by atoms with E-state index in [1.807, 2.05) is 0 Å². The first-order chi connectivity index (χ1) is 11.0. The number of carbonyl (C=O) groups is 4. The molecule has 2 N–H and O–H groups in total. The van der Waals surface area contributed by atoms with Crippen molar-refractivity contribution < 1.29 is 29.1 Å². The van der Waals surface area contributed by atoms with E-state index in [9.17, 15) is 24.3 Å². The van der Waals surface area contributed by atoms with Crippen molar-refractivity contribution >= 4 is 24.0 Å². The van der Waals surface area contributed by atoms with E-state index < -0.39 is 36.1 Å². The second-order valence-corrected chi connectivity index (χ2v) is 5.76. The Morgan fingerprint density at radius 3 is 2.48 bits per heavy atom. The maximum atomic E-state index is 12.3. The summed E-state index contributed by atoms with van der Waals surface area (Å²) >= 11 is 0. The number of imide groups is 1. The molecule has 0 bridgehead atoms. The van der Waals surface area contributed by atoms with Gasteiger partial charge in [0.1, 0.15) is 12.1 Å². The number of aliphatic carboxylic acids is 1. The summed E-state index contributed by atoms with van der Waals surface area (Å²) in [5, 5.41) is 12.4. The molecule has 0 spiro atoms. The normalized spacial score (nSPS) is 27.9. The first-order valence-corrected chi connectivity index (χ1v) is 7.57. The van der Waals surface area contributed by atoms with Crippen LogP contribution >= 0.6 is 0 Å². The highest BCUT2D eigenvalue weighted by atomic mass is 16.7. The quantitative estimate of drug-likeness (QED) is 0.638. The number of likely N-dealkylation sites (tertiary alicyclic amines) is 1. The van der Waals surface area contributed by atoms with Crippen molar-refractivity contribution in [2.24, 2.45) is 0 Å². The van der Waals surface area contributed by atoms with Crippen molar-refractivity contribution in [3.05, 3.63) is 0 Å². The zero-order chi connectivity index (χ0) is 16.6. The summed E-state index contributed by atoms with van der Waals surface area (Å²) in [7, 11) is 0. The predicted octanol–water partition coefficient (Wildman–Crippen LogP) is -0.787. The van der Waals surface area contributed by atoms with Crippen LogP contribution in [0.2, 0.25) is 0 Å². The lowest BCUT2D eigenvalue weighted by Gasteiger charge is -2.32. The smallest absolute Gasteiger partial charge is 0.434 e. The van der Waals surface area contributed by atoms with Crippen molar-refractivity contribution in [1.82, 2.24) is 20.2 Å². The van der Waals surface area contributed by atoms with Gasteiger partial charge in [-0.2, -0.15) is 0 Å². The molecule has 0 radical (unpaired) electrons. The van der Waals surface area contributed by atoms with Crippen LogP contribution in [-0.2, 0) is 14.4 Å². The van der Waals surface area contributed by atoms with Crippen LogP contribution in [0.1, 0.15) is 19.3 Å². The van der Waals surface area contributed by atoms with E-state index in [0.717, 1.165) is 24.2 Å². The van der Waals surface area contributed by atoms with Crippen LogP contribution in [0.25, 0.3) is 0 Å². The van der Waals surface area contributed by atoms with Gasteiger partial charge >= 0.3 is 18.1 Å². The summed E-state index contributed by atoms with van der Waals surface area (Å²) in [6, 6.07) is -3.03. The second-order valence-electron chi connectivity index (χ2n) is 5.76. The average molecular weight is 326 g/mol. The average Bonchev–Trinajstić information content (AvgIpc) is 2.80. The van der Waals surface area contributed by atoms with E-state index in [1.165, 1.54) is 4.90 Å². The molecular weight excluding hydrogens is 308 g/mol. The monoisotopic (exact) mass is 326 g/mol. The molecule has 0 aliphatic carbocycles. The third-order valence-electron chi connectivity index (χ3n) is 4.30. The minimum atomic E-state index is -1.22. The molecule has 0 aromatic heterocycles. The number of carboxylic acid groups (broad SMARTS) is 1. The summed E-state index contributed by atoms with van der Waals surface area (Å²) in [4.78, 5) is 55.3. The Labute approximate surface area is 131 Å². The van der Waals surface area contributed by atoms with Crippen LogP contribution in [0, 0.1) is 0 Å². The number of rotatable bonds is 2. The van der Waals surface area contributed by atoms with Gasteiger partial charge < -0.3 is 20.2 Å². The molecule has 10 heteroatoms. The van der Waals surface area contributed by atoms with Gasteiger partial charge in [-0.1, -0.05) is 5.06 Å². The third kappa shape index (κ3) is 2.69. The molecule has 3 aliphatic heterocycles. The number of piperazine rings is 1. The van der Waals surface area contributed by atoms with E-state index in [4.69, 9.17) is 4.84 Å². The standard InChI is InChI=1S/C13H18N4O6/c18-10-8-6-14-7-9(11(19)20)16(8)12(21)17(10)23-13(22)15-4-2-1-3-5-15/h8-9,14H,1-7H2,(H,19,20). The molecular formula is C13H18N4O6. The van der Waals surface area contributed by atoms with Gasteiger partial charge in [0.25, 0.3) is 5.91 Å². The molecule has 0 saturated carbocycles. The molecule has 0 aromatic rings. The zero-order valence-corrected chi connectivity index (χ0v) is 12.4. The van der Waals surface area contributed by atoms with Gasteiger partial charge in [0.2, 0.25) is 0 Å². The van der Waals surface area contributed by atoms with Gasteiger partial charge in [0.15, 0.2) is 0 Å². The fraction of sp³-hybridized carbons (Fsp3) is 0.692. The van der Waals surface area contributed by atoms with Gasteiger partial charge in [-0.25, -0.2) is 14.4 Å². The predicted molar refractivity (Wildman–Crippen MR) is 74.1 cm³/mol. The van der Waals surface area contributed by atoms with Crippen LogP contribution in [0.3, 0.4) is 0 Å². The van der Waals surface area contributed by atoms with E-state index in [-0.39, 0.29) is 13.1 Å². The van der Waals surface area contributed by atoms with Gasteiger partial charge in [-0.3, -0.25) is 9.69 Å². The van der Waals surface area contributed by atoms with Crippen LogP contribution in [0.4, 0.5) is 9.59 Å². The minimum absolute atomic E-state index is 0.0404. The second kappa shape index (κ2) is 6.03. The molecule has 3 heterocycles. The van der Waals surface area contributed by atoms with Crippen molar-refractivity contribution in [3.63, 3.8) is 0 Å². The Balaban J connectivity index is 1.73. The highest BCUT2D eigenvalue weighted by Crippen LogP contribution is 2.24. The summed E-state index contributed by atoms with van der Waals surface area (Å²) in [6.07, 6.45) is 1.95. The molecule has 10 nitrogen and oxygen atoms in total. The molecule has 3 fully saturated rings. The summed E-state index contributed by atoms with van der Waals surface area (Å²) in [5.41, 5.74) is 0. The molecule has 2 unspecified atom stereocenters. The number of nitrogens with one attached hydrogen (secondary N) is 1. The number of nitrogens with zero attached hydrogens (tertiary/aromatic N) is 3. The molecule has 0 aromatic carbocycles. The number of amides is 4. The number of hydroxylamine groups is 2. The molecule has 3 saturated heterocycles. The maximum absolute atomic E-state index is 12.3. The lowest BCUT2D eigenvalue weighted by Crippen LogP contribution is -2.60. The number of hydrogen-bond donors (Lipinski definition) is 2. The van der Waals surface area contributed by atoms with Crippen LogP contribution < -0.4 is 5.32 Å². The van der Waals surface area contributed by atoms with Crippen molar-refractivity contribution in [1.29, 1.82) is 0 Å². The minimum Gasteiger partial charge on any atom is -0.480 e. The molecule has 3 rings (SSSR count). The number of carbonyl (C=O) groups excluding carboxylic acids is 3. The SMILES string of the molecule is O=C(O)C1CNCC2C(=O)N(OC(=O)N3CCCCC3)C(=O)N12. The lowest BCUT2D eigenvalue weighted by molar-refractivity contribution is -0.152. The Morgan fingerprint density at radius 1 is 1.13 bits per heavy atom. The molecule has 2 atom stereocenters. The fourth-order valence-corrected chi connectivity index (χ4v) is 3.08. The summed E-state index contributed by atoms with van der Waals surface area (Å²) in [6.45, 7) is 1.20. The fourth-order valence-electron chi connectivity index (χ4n) is 3.08. The van der Waals surface area contributed by atoms with Gasteiger partial charge in [-0.05, 0) is 19.3 Å². The number of carboxylic acids is 1. The van der Waals surface area contributed by atoms with Crippen molar-refractivity contribution in [2.75, 3.05) is 26.2 Å². The van der Waals surface area contributed by atoms with Crippen molar-refractivity contribution in [2.45, 2.75) is 31.3 Å². The van der Waals surface area contributed by atoms with E-state index >= 15 is 0 Å². The molecule has 23 heavy (non-hydrogen) atoms. The van der Waals surface area contributed by atoms with Gasteiger partial charge in [0.05, 0.1) is 0 Å². The first kappa shape index (κ1) is 15.5. The number of hydrogen-bond acceptors (Lipinski definition) is 6. The zero-order valence-electron chi connectivity index (χ0n) is 12.4. The molecule has 126 valence electrons. The molecule has 3 aliphatic rings. The maximum Gasteiger partial charge on any atom is 0.434 e. The number of fused-ring (bicyclic) bond motifs is 1. The molecule has 4 amide bonds. The van der Waals surface area contributed by atoms with Gasteiger partial charge in [-0.15, -0.1) is 0 Å². The largest absolute Gasteiger partial charge is 0.480 e. The van der Waals surface area contributed by atoms with Crippen LogP contribution in [0.15, 0.2) is 0 Å². The Hall–Kier alpha value is -2.36. The first-order valence-electron chi connectivity index (χ1n) is 7.57.